The molecule has 1 amide bonds. The first-order valence-electron chi connectivity index (χ1n) is 8.84. The van der Waals surface area contributed by atoms with Crippen LogP contribution in [0.4, 0.5) is 0 Å². The van der Waals surface area contributed by atoms with E-state index in [0.29, 0.717) is 18.5 Å². The first kappa shape index (κ1) is 21.3. The van der Waals surface area contributed by atoms with Crippen molar-refractivity contribution in [2.45, 2.75) is 49.5 Å². The molecule has 0 fully saturated rings. The number of pyridine rings is 1. The number of aromatic nitrogens is 1. The van der Waals surface area contributed by atoms with Crippen LogP contribution in [0.15, 0.2) is 46.5 Å². The van der Waals surface area contributed by atoms with Crippen molar-refractivity contribution in [2.24, 2.45) is 0 Å². The van der Waals surface area contributed by atoms with Gasteiger partial charge in [0.05, 0.1) is 5.56 Å². The maximum absolute atomic E-state index is 12.6. The summed E-state index contributed by atoms with van der Waals surface area (Å²) in [6.45, 7) is 4.57. The van der Waals surface area contributed by atoms with Crippen molar-refractivity contribution in [3.63, 3.8) is 0 Å². The van der Waals surface area contributed by atoms with Gasteiger partial charge in [-0.15, -0.1) is 0 Å². The average molecular weight is 405 g/mol. The highest BCUT2D eigenvalue weighted by Gasteiger charge is 2.13. The second-order valence-corrected chi connectivity index (χ2v) is 8.41. The molecule has 5 nitrogen and oxygen atoms in total. The molecule has 7 heteroatoms. The van der Waals surface area contributed by atoms with Gasteiger partial charge in [-0.2, -0.15) is 0 Å². The van der Waals surface area contributed by atoms with Crippen LogP contribution in [0.5, 0.6) is 0 Å². The van der Waals surface area contributed by atoms with Crippen molar-refractivity contribution in [1.82, 2.24) is 10.3 Å². The van der Waals surface area contributed by atoms with Gasteiger partial charge in [-0.3, -0.25) is 9.59 Å². The average Bonchev–Trinajstić information content (AvgIpc) is 2.63. The smallest absolute Gasteiger partial charge is 0.303 e. The molecule has 0 aliphatic rings. The molecule has 1 heterocycles. The number of amides is 1. The van der Waals surface area contributed by atoms with E-state index in [2.05, 4.69) is 10.3 Å². The van der Waals surface area contributed by atoms with Crippen molar-refractivity contribution < 1.29 is 14.7 Å². The van der Waals surface area contributed by atoms with E-state index in [4.69, 9.17) is 5.11 Å². The van der Waals surface area contributed by atoms with Gasteiger partial charge in [-0.1, -0.05) is 29.3 Å². The Morgan fingerprint density at radius 1 is 1.11 bits per heavy atom. The van der Waals surface area contributed by atoms with E-state index in [1.807, 2.05) is 44.2 Å². The predicted molar refractivity (Wildman–Crippen MR) is 110 cm³/mol. The van der Waals surface area contributed by atoms with Crippen LogP contribution in [0.25, 0.3) is 0 Å². The zero-order chi connectivity index (χ0) is 19.6. The predicted octanol–water partition coefficient (Wildman–Crippen LogP) is 4.87. The molecule has 0 aliphatic carbocycles. The molecule has 1 aromatic heterocycles. The number of aryl methyl sites for hydroxylation is 2. The Kier molecular flexibility index (Phi) is 8.67. The maximum Gasteiger partial charge on any atom is 0.303 e. The molecular formula is C20H24N2O3S2. The lowest BCUT2D eigenvalue weighted by molar-refractivity contribution is -0.137. The summed E-state index contributed by atoms with van der Waals surface area (Å²) in [6, 6.07) is 9.72. The summed E-state index contributed by atoms with van der Waals surface area (Å²) >= 11 is 0. The molecule has 0 saturated heterocycles. The van der Waals surface area contributed by atoms with Crippen LogP contribution in [0.1, 0.15) is 47.2 Å². The van der Waals surface area contributed by atoms with Gasteiger partial charge in [0.2, 0.25) is 0 Å². The van der Waals surface area contributed by atoms with E-state index in [0.717, 1.165) is 33.9 Å². The van der Waals surface area contributed by atoms with Gasteiger partial charge in [0.1, 0.15) is 5.03 Å². The van der Waals surface area contributed by atoms with Gasteiger partial charge in [-0.05, 0) is 66.8 Å². The largest absolute Gasteiger partial charge is 0.481 e. The fraction of sp³-hybridized carbons (Fsp3) is 0.350. The summed E-state index contributed by atoms with van der Waals surface area (Å²) in [6.07, 6.45) is 4.14. The Morgan fingerprint density at radius 3 is 2.67 bits per heavy atom. The third-order valence-electron chi connectivity index (χ3n) is 3.91. The molecule has 2 aromatic rings. The van der Waals surface area contributed by atoms with E-state index >= 15 is 0 Å². The number of unbranched alkanes of at least 4 members (excludes halogenated alkanes) is 2. The van der Waals surface area contributed by atoms with Crippen molar-refractivity contribution in [2.75, 3.05) is 6.54 Å². The second kappa shape index (κ2) is 11.0. The summed E-state index contributed by atoms with van der Waals surface area (Å²) in [5.41, 5.74) is 2.85. The van der Waals surface area contributed by atoms with Crippen molar-refractivity contribution in [1.29, 1.82) is 0 Å². The maximum atomic E-state index is 12.6. The minimum atomic E-state index is -0.777. The molecule has 0 saturated carbocycles. The Hall–Kier alpha value is -1.99. The highest BCUT2D eigenvalue weighted by molar-refractivity contribution is 8.76. The molecule has 2 rings (SSSR count). The number of carboxylic acid groups (broad SMARTS) is 1. The van der Waals surface area contributed by atoms with E-state index in [9.17, 15) is 9.59 Å². The molecule has 0 radical (unpaired) electrons. The molecule has 2 N–H and O–H groups in total. The summed E-state index contributed by atoms with van der Waals surface area (Å²) in [4.78, 5) is 28.3. The zero-order valence-corrected chi connectivity index (χ0v) is 17.2. The van der Waals surface area contributed by atoms with E-state index in [-0.39, 0.29) is 12.3 Å². The van der Waals surface area contributed by atoms with Crippen molar-refractivity contribution in [3.05, 3.63) is 53.2 Å². The fourth-order valence-electron chi connectivity index (χ4n) is 2.40. The molecule has 0 bridgehead atoms. The van der Waals surface area contributed by atoms with E-state index in [1.165, 1.54) is 10.8 Å². The molecule has 144 valence electrons. The van der Waals surface area contributed by atoms with Crippen LogP contribution < -0.4 is 5.32 Å². The van der Waals surface area contributed by atoms with Gasteiger partial charge in [-0.25, -0.2) is 4.98 Å². The highest BCUT2D eigenvalue weighted by Crippen LogP contribution is 2.39. The zero-order valence-electron chi connectivity index (χ0n) is 15.5. The number of rotatable bonds is 10. The monoisotopic (exact) mass is 404 g/mol. The molecule has 0 spiro atoms. The minimum Gasteiger partial charge on any atom is -0.481 e. The van der Waals surface area contributed by atoms with Crippen LogP contribution in [0, 0.1) is 13.8 Å². The number of benzene rings is 1. The number of hydrogen-bond donors (Lipinski definition) is 2. The van der Waals surface area contributed by atoms with Crippen LogP contribution in [0.3, 0.4) is 0 Å². The number of carbonyl (C=O) groups excluding carboxylic acids is 1. The number of hydrogen-bond acceptors (Lipinski definition) is 5. The summed E-state index contributed by atoms with van der Waals surface area (Å²) in [5, 5.41) is 12.5. The van der Waals surface area contributed by atoms with Crippen molar-refractivity contribution in [3.8, 4) is 0 Å². The lowest BCUT2D eigenvalue weighted by atomic mass is 10.1. The first-order chi connectivity index (χ1) is 13.0. The molecule has 0 aliphatic heterocycles. The number of aliphatic carboxylic acids is 1. The van der Waals surface area contributed by atoms with Gasteiger partial charge in [0, 0.05) is 24.1 Å². The molecule has 27 heavy (non-hydrogen) atoms. The number of nitrogens with zero attached hydrogens (tertiary/aromatic N) is 1. The Labute approximate surface area is 167 Å². The normalized spacial score (nSPS) is 10.6. The van der Waals surface area contributed by atoms with Crippen LogP contribution >= 0.6 is 21.6 Å². The number of carboxylic acids is 1. The molecule has 0 atom stereocenters. The Bertz CT molecular complexity index is 797. The third-order valence-corrected chi connectivity index (χ3v) is 6.35. The van der Waals surface area contributed by atoms with Crippen LogP contribution in [-0.2, 0) is 4.79 Å². The fourth-order valence-corrected chi connectivity index (χ4v) is 4.80. The standard InChI is InChI=1S/C20H24N2O3S2/c1-14-9-10-16(19(25)21-11-5-3-4-8-18(23)24)17(13-14)26-27-20-15(2)7-6-12-22-20/h6-7,9-10,12-13H,3-5,8,11H2,1-2H3,(H,21,25)(H,23,24). The van der Waals surface area contributed by atoms with Gasteiger partial charge in [0.15, 0.2) is 0 Å². The molecule has 0 unspecified atom stereocenters. The highest BCUT2D eigenvalue weighted by atomic mass is 33.1. The summed E-state index contributed by atoms with van der Waals surface area (Å²) in [7, 11) is 3.08. The van der Waals surface area contributed by atoms with E-state index < -0.39 is 5.97 Å². The third kappa shape index (κ3) is 7.27. The van der Waals surface area contributed by atoms with Crippen LogP contribution in [0.2, 0.25) is 0 Å². The van der Waals surface area contributed by atoms with Crippen molar-refractivity contribution >= 4 is 33.5 Å². The number of nitrogens with one attached hydrogen (secondary N) is 1. The van der Waals surface area contributed by atoms with E-state index in [1.54, 1.807) is 17.0 Å². The molecule has 1 aromatic carbocycles. The summed E-state index contributed by atoms with van der Waals surface area (Å²) < 4.78 is 0. The lowest BCUT2D eigenvalue weighted by Crippen LogP contribution is -2.25. The van der Waals surface area contributed by atoms with Gasteiger partial charge >= 0.3 is 5.97 Å². The Morgan fingerprint density at radius 2 is 1.93 bits per heavy atom. The molecular weight excluding hydrogens is 380 g/mol. The first-order valence-corrected chi connectivity index (χ1v) is 11.0. The van der Waals surface area contributed by atoms with Crippen LogP contribution in [-0.4, -0.2) is 28.5 Å². The van der Waals surface area contributed by atoms with Gasteiger partial charge < -0.3 is 10.4 Å². The topological polar surface area (TPSA) is 79.3 Å². The lowest BCUT2D eigenvalue weighted by Gasteiger charge is -2.11. The minimum absolute atomic E-state index is 0.103. The van der Waals surface area contributed by atoms with Gasteiger partial charge in [0.25, 0.3) is 5.91 Å². The SMILES string of the molecule is Cc1ccc(C(=O)NCCCCCC(=O)O)c(SSc2ncccc2C)c1. The number of carbonyl (C=O) groups is 2. The second-order valence-electron chi connectivity index (χ2n) is 6.25. The summed E-state index contributed by atoms with van der Waals surface area (Å²) in [5.74, 6) is -0.880. The quantitative estimate of drug-likeness (QED) is 0.434. The Balaban J connectivity index is 1.93.